The molecule has 210 valence electrons. The van der Waals surface area contributed by atoms with Crippen molar-refractivity contribution in [1.82, 2.24) is 14.3 Å². The highest BCUT2D eigenvalue weighted by molar-refractivity contribution is 7.89. The molecule has 1 aliphatic rings. The average molecular weight is 582 g/mol. The van der Waals surface area contributed by atoms with E-state index in [4.69, 9.17) is 4.74 Å². The van der Waals surface area contributed by atoms with Gasteiger partial charge >= 0.3 is 0 Å². The van der Waals surface area contributed by atoms with Crippen molar-refractivity contribution in [2.24, 2.45) is 5.92 Å². The Hall–Kier alpha value is -3.36. The summed E-state index contributed by atoms with van der Waals surface area (Å²) in [5.41, 5.74) is 2.45. The number of methoxy groups -OCH3 is 1. The van der Waals surface area contributed by atoms with Crippen molar-refractivity contribution in [1.29, 1.82) is 0 Å². The number of aromatic nitrogens is 2. The second kappa shape index (κ2) is 12.2. The van der Waals surface area contributed by atoms with Gasteiger partial charge in [0.1, 0.15) is 6.04 Å². The third-order valence-electron chi connectivity index (χ3n) is 6.40. The van der Waals surface area contributed by atoms with Crippen LogP contribution in [0.3, 0.4) is 0 Å². The third kappa shape index (κ3) is 7.19. The van der Waals surface area contributed by atoms with Gasteiger partial charge in [0.05, 0.1) is 24.1 Å². The first-order valence-corrected chi connectivity index (χ1v) is 14.9. The molecule has 0 bridgehead atoms. The molecular formula is C25H29F2N5O5S2. The molecule has 2 aromatic heterocycles. The molecule has 1 aliphatic heterocycles. The number of halogens is 2. The Morgan fingerprint density at radius 2 is 1.97 bits per heavy atom. The molecule has 1 saturated heterocycles. The number of carbonyl (C=O) groups excluding carboxylic acids is 2. The summed E-state index contributed by atoms with van der Waals surface area (Å²) in [6.07, 6.45) is 2.00. The Balaban J connectivity index is 1.40. The van der Waals surface area contributed by atoms with Crippen molar-refractivity contribution in [2.45, 2.75) is 25.3 Å². The lowest BCUT2D eigenvalue weighted by molar-refractivity contribution is -0.119. The van der Waals surface area contributed by atoms with Crippen LogP contribution in [0, 0.1) is 5.92 Å². The quantitative estimate of drug-likeness (QED) is 0.377. The fourth-order valence-corrected chi connectivity index (χ4v) is 5.55. The summed E-state index contributed by atoms with van der Waals surface area (Å²) in [4.78, 5) is 32.1. The average Bonchev–Trinajstić information content (AvgIpc) is 3.59. The molecule has 4 rings (SSSR count). The molecular weight excluding hydrogens is 552 g/mol. The van der Waals surface area contributed by atoms with E-state index >= 15 is 0 Å². The normalized spacial score (nSPS) is 15.4. The Kier molecular flexibility index (Phi) is 8.97. The molecule has 39 heavy (non-hydrogen) atoms. The van der Waals surface area contributed by atoms with E-state index in [-0.39, 0.29) is 12.2 Å². The monoisotopic (exact) mass is 581 g/mol. The van der Waals surface area contributed by atoms with Crippen molar-refractivity contribution < 1.29 is 31.5 Å². The van der Waals surface area contributed by atoms with Crippen LogP contribution in [0.4, 0.5) is 19.6 Å². The van der Waals surface area contributed by atoms with Crippen LogP contribution in [0.1, 0.15) is 23.2 Å². The number of nitrogens with zero attached hydrogens (tertiary/aromatic N) is 3. The Labute approximate surface area is 229 Å². The van der Waals surface area contributed by atoms with Gasteiger partial charge in [-0.3, -0.25) is 13.6 Å². The lowest BCUT2D eigenvalue weighted by Crippen LogP contribution is -2.46. The second-order valence-electron chi connectivity index (χ2n) is 9.21. The van der Waals surface area contributed by atoms with Gasteiger partial charge in [0.15, 0.2) is 5.13 Å². The largest absolute Gasteiger partial charge is 0.382 e. The Morgan fingerprint density at radius 1 is 1.23 bits per heavy atom. The van der Waals surface area contributed by atoms with E-state index in [1.807, 2.05) is 24.3 Å². The number of hydrogen-bond donors (Lipinski definition) is 2. The van der Waals surface area contributed by atoms with E-state index < -0.39 is 40.2 Å². The molecule has 2 N–H and O–H groups in total. The highest BCUT2D eigenvalue weighted by Gasteiger charge is 2.27. The SMILES string of the molecule is COCC(NC(=O)c1ccn(S(C)(=O)=O)c1)C(=O)Nc1nc(-c2cccc(N3CCC(C(F)F)CC3)c2)cs1. The van der Waals surface area contributed by atoms with Crippen molar-refractivity contribution in [3.63, 3.8) is 0 Å². The standard InChI is InChI=1S/C25H29F2N5O5S2/c1-37-14-20(28-23(33)18-8-11-32(13-18)39(2,35)36)24(34)30-25-29-21(15-38-25)17-4-3-5-19(12-17)31-9-6-16(7-10-31)22(26)27/h3-5,8,11-13,15-16,20,22H,6-7,9-10,14H2,1-2H3,(H,28,33)(H,29,30,34). The number of benzene rings is 1. The predicted octanol–water partition coefficient (Wildman–Crippen LogP) is 3.28. The zero-order chi connectivity index (χ0) is 28.2. The van der Waals surface area contributed by atoms with Crippen molar-refractivity contribution >= 4 is 44.0 Å². The van der Waals surface area contributed by atoms with Gasteiger partial charge < -0.3 is 20.3 Å². The van der Waals surface area contributed by atoms with E-state index in [0.717, 1.165) is 27.7 Å². The maximum Gasteiger partial charge on any atom is 0.253 e. The van der Waals surface area contributed by atoms with Crippen LogP contribution in [0.2, 0.25) is 0 Å². The minimum Gasteiger partial charge on any atom is -0.382 e. The number of carbonyl (C=O) groups is 2. The van der Waals surface area contributed by atoms with Crippen molar-refractivity contribution in [3.05, 3.63) is 53.7 Å². The van der Waals surface area contributed by atoms with Crippen LogP contribution in [-0.4, -0.2) is 74.7 Å². The summed E-state index contributed by atoms with van der Waals surface area (Å²) in [5, 5.41) is 7.34. The molecule has 1 aromatic carbocycles. The maximum atomic E-state index is 13.0. The summed E-state index contributed by atoms with van der Waals surface area (Å²) in [7, 11) is -2.16. The first-order chi connectivity index (χ1) is 18.5. The van der Waals surface area contributed by atoms with Crippen LogP contribution in [0.15, 0.2) is 48.1 Å². The second-order valence-corrected chi connectivity index (χ2v) is 12.0. The third-order valence-corrected chi connectivity index (χ3v) is 8.16. The van der Waals surface area contributed by atoms with Crippen LogP contribution in [-0.2, 0) is 19.6 Å². The van der Waals surface area contributed by atoms with Gasteiger partial charge in [-0.1, -0.05) is 12.1 Å². The van der Waals surface area contributed by atoms with Crippen LogP contribution < -0.4 is 15.5 Å². The molecule has 3 heterocycles. The first kappa shape index (κ1) is 28.6. The van der Waals surface area contributed by atoms with Crippen LogP contribution in [0.5, 0.6) is 0 Å². The van der Waals surface area contributed by atoms with E-state index in [2.05, 4.69) is 20.5 Å². The summed E-state index contributed by atoms with van der Waals surface area (Å²) < 4.78 is 55.3. The summed E-state index contributed by atoms with van der Waals surface area (Å²) in [5.74, 6) is -1.75. The van der Waals surface area contributed by atoms with Crippen molar-refractivity contribution in [2.75, 3.05) is 43.3 Å². The zero-order valence-corrected chi connectivity index (χ0v) is 23.0. The number of alkyl halides is 2. The van der Waals surface area contributed by atoms with E-state index in [0.29, 0.717) is 36.8 Å². The number of piperidine rings is 1. The van der Waals surface area contributed by atoms with Gasteiger partial charge in [-0.15, -0.1) is 11.3 Å². The fourth-order valence-electron chi connectivity index (χ4n) is 4.24. The zero-order valence-electron chi connectivity index (χ0n) is 21.3. The lowest BCUT2D eigenvalue weighted by atomic mass is 9.97. The molecule has 10 nitrogen and oxygen atoms in total. The molecule has 0 spiro atoms. The van der Waals surface area contributed by atoms with Gasteiger partial charge in [0.2, 0.25) is 16.4 Å². The van der Waals surface area contributed by atoms with Gasteiger partial charge in [-0.05, 0) is 31.0 Å². The number of anilines is 2. The minimum absolute atomic E-state index is 0.0733. The highest BCUT2D eigenvalue weighted by atomic mass is 32.2. The Bertz CT molecular complexity index is 1420. The van der Waals surface area contributed by atoms with Crippen LogP contribution in [0.25, 0.3) is 11.3 Å². The summed E-state index contributed by atoms with van der Waals surface area (Å²) >= 11 is 1.21. The van der Waals surface area contributed by atoms with E-state index in [1.54, 1.807) is 5.38 Å². The number of amides is 2. The molecule has 14 heteroatoms. The Morgan fingerprint density at radius 3 is 2.62 bits per heavy atom. The minimum atomic E-state index is -3.55. The number of ether oxygens (including phenoxy) is 1. The lowest BCUT2D eigenvalue weighted by Gasteiger charge is -2.33. The van der Waals surface area contributed by atoms with Crippen molar-refractivity contribution in [3.8, 4) is 11.3 Å². The fraction of sp³-hybridized carbons (Fsp3) is 0.400. The van der Waals surface area contributed by atoms with Gasteiger partial charge in [-0.2, -0.15) is 0 Å². The molecule has 0 aliphatic carbocycles. The molecule has 0 saturated carbocycles. The summed E-state index contributed by atoms with van der Waals surface area (Å²) in [6.45, 7) is 0.998. The molecule has 3 aromatic rings. The molecule has 1 unspecified atom stereocenters. The van der Waals surface area contributed by atoms with E-state index in [1.165, 1.54) is 30.7 Å². The summed E-state index contributed by atoms with van der Waals surface area (Å²) in [6, 6.07) is 7.91. The number of rotatable bonds is 10. The number of nitrogens with one attached hydrogen (secondary N) is 2. The maximum absolute atomic E-state index is 13.0. The topological polar surface area (TPSA) is 123 Å². The predicted molar refractivity (Wildman–Crippen MR) is 145 cm³/mol. The van der Waals surface area contributed by atoms with Gasteiger partial charge in [0.25, 0.3) is 11.8 Å². The molecule has 1 fully saturated rings. The number of hydrogen-bond acceptors (Lipinski definition) is 8. The van der Waals surface area contributed by atoms with Gasteiger partial charge in [0, 0.05) is 55.1 Å². The number of thiazole rings is 1. The van der Waals surface area contributed by atoms with Gasteiger partial charge in [-0.25, -0.2) is 22.2 Å². The molecule has 1 atom stereocenters. The molecule has 0 radical (unpaired) electrons. The first-order valence-electron chi connectivity index (χ1n) is 12.1. The highest BCUT2D eigenvalue weighted by Crippen LogP contribution is 2.31. The molecule has 2 amide bonds. The smallest absolute Gasteiger partial charge is 0.253 e. The van der Waals surface area contributed by atoms with E-state index in [9.17, 15) is 26.8 Å². The van der Waals surface area contributed by atoms with Crippen LogP contribution >= 0.6 is 11.3 Å².